The molecule has 1 aliphatic rings. The van der Waals surface area contributed by atoms with Gasteiger partial charge in [-0.2, -0.15) is 0 Å². The maximum atomic E-state index is 7.03. The molecule has 1 saturated heterocycles. The Labute approximate surface area is 121 Å². The second-order valence-corrected chi connectivity index (χ2v) is 5.25. The first kappa shape index (κ1) is 14.5. The summed E-state index contributed by atoms with van der Waals surface area (Å²) in [6.07, 6.45) is 3.20. The van der Waals surface area contributed by atoms with Crippen molar-refractivity contribution in [2.24, 2.45) is 0 Å². The molecular formula is C14H18BrNO3. The number of nitrogens with one attached hydrogen (secondary N) is 1. The molecule has 1 heterocycles. The summed E-state index contributed by atoms with van der Waals surface area (Å²) >= 11 is 3.54. The van der Waals surface area contributed by atoms with Crippen LogP contribution >= 0.6 is 15.9 Å². The van der Waals surface area contributed by atoms with E-state index in [1.54, 1.807) is 0 Å². The zero-order chi connectivity index (χ0) is 13.7. The van der Waals surface area contributed by atoms with Crippen molar-refractivity contribution in [1.29, 1.82) is 5.41 Å². The highest BCUT2D eigenvalue weighted by Crippen LogP contribution is 2.36. The van der Waals surface area contributed by atoms with Crippen molar-refractivity contribution in [3.05, 3.63) is 28.2 Å². The second kappa shape index (κ2) is 7.03. The van der Waals surface area contributed by atoms with Crippen LogP contribution in [0.5, 0.6) is 5.75 Å². The largest absolute Gasteiger partial charge is 0.445 e. The van der Waals surface area contributed by atoms with Crippen molar-refractivity contribution in [1.82, 2.24) is 0 Å². The van der Waals surface area contributed by atoms with Crippen LogP contribution < -0.4 is 4.74 Å². The highest BCUT2D eigenvalue weighted by atomic mass is 79.9. The van der Waals surface area contributed by atoms with Crippen LogP contribution in [0.3, 0.4) is 0 Å². The fraction of sp³-hybridized carbons (Fsp3) is 0.500. The van der Waals surface area contributed by atoms with Crippen LogP contribution in [0.1, 0.15) is 31.4 Å². The summed E-state index contributed by atoms with van der Waals surface area (Å²) in [4.78, 5) is 0. The SMILES string of the molecule is CCC[C@@H](OC[C@H]1CO1)c1cccc(OC=N)c1Br. The zero-order valence-electron chi connectivity index (χ0n) is 10.9. The van der Waals surface area contributed by atoms with E-state index in [9.17, 15) is 0 Å². The maximum absolute atomic E-state index is 7.03. The average Bonchev–Trinajstić information content (AvgIpc) is 3.22. The van der Waals surface area contributed by atoms with Crippen molar-refractivity contribution in [3.8, 4) is 5.75 Å². The molecule has 0 aliphatic carbocycles. The molecule has 19 heavy (non-hydrogen) atoms. The lowest BCUT2D eigenvalue weighted by molar-refractivity contribution is 0.0353. The van der Waals surface area contributed by atoms with Crippen molar-refractivity contribution in [3.63, 3.8) is 0 Å². The Morgan fingerprint density at radius 2 is 2.37 bits per heavy atom. The van der Waals surface area contributed by atoms with E-state index in [1.807, 2.05) is 18.2 Å². The summed E-state index contributed by atoms with van der Waals surface area (Å²) < 4.78 is 17.1. The molecule has 2 atom stereocenters. The molecule has 0 amide bonds. The molecule has 1 N–H and O–H groups in total. The molecule has 104 valence electrons. The predicted octanol–water partition coefficient (Wildman–Crippen LogP) is 3.69. The van der Waals surface area contributed by atoms with Gasteiger partial charge in [-0.25, -0.2) is 0 Å². The number of rotatable bonds is 8. The van der Waals surface area contributed by atoms with Gasteiger partial charge in [-0.1, -0.05) is 25.5 Å². The van der Waals surface area contributed by atoms with Gasteiger partial charge in [0, 0.05) is 0 Å². The highest BCUT2D eigenvalue weighted by Gasteiger charge is 2.25. The van der Waals surface area contributed by atoms with E-state index in [-0.39, 0.29) is 12.2 Å². The van der Waals surface area contributed by atoms with Gasteiger partial charge in [0.2, 0.25) is 0 Å². The van der Waals surface area contributed by atoms with Gasteiger partial charge in [0.15, 0.2) is 6.40 Å². The van der Waals surface area contributed by atoms with Crippen molar-refractivity contribution < 1.29 is 14.2 Å². The van der Waals surface area contributed by atoms with Gasteiger partial charge in [0.25, 0.3) is 0 Å². The van der Waals surface area contributed by atoms with E-state index >= 15 is 0 Å². The minimum atomic E-state index is 0.0258. The van der Waals surface area contributed by atoms with Gasteiger partial charge in [-0.15, -0.1) is 0 Å². The van der Waals surface area contributed by atoms with Crippen molar-refractivity contribution in [2.45, 2.75) is 32.0 Å². The van der Waals surface area contributed by atoms with Crippen molar-refractivity contribution in [2.75, 3.05) is 13.2 Å². The third-order valence-electron chi connectivity index (χ3n) is 2.96. The Balaban J connectivity index is 2.13. The maximum Gasteiger partial charge on any atom is 0.173 e. The van der Waals surface area contributed by atoms with E-state index in [0.29, 0.717) is 12.4 Å². The van der Waals surface area contributed by atoms with Crippen LogP contribution in [-0.4, -0.2) is 25.7 Å². The number of benzene rings is 1. The quantitative estimate of drug-likeness (QED) is 0.450. The van der Waals surface area contributed by atoms with Gasteiger partial charge in [-0.3, -0.25) is 5.41 Å². The summed E-state index contributed by atoms with van der Waals surface area (Å²) in [5.41, 5.74) is 1.06. The van der Waals surface area contributed by atoms with Crippen LogP contribution in [0.15, 0.2) is 22.7 Å². The first-order valence-corrected chi connectivity index (χ1v) is 7.22. The van der Waals surface area contributed by atoms with Gasteiger partial charge < -0.3 is 14.2 Å². The fourth-order valence-electron chi connectivity index (χ4n) is 1.91. The number of hydrogen-bond donors (Lipinski definition) is 1. The minimum absolute atomic E-state index is 0.0258. The third kappa shape index (κ3) is 4.03. The summed E-state index contributed by atoms with van der Waals surface area (Å²) in [7, 11) is 0. The van der Waals surface area contributed by atoms with Gasteiger partial charge in [0.05, 0.1) is 23.8 Å². The van der Waals surface area contributed by atoms with E-state index in [4.69, 9.17) is 19.6 Å². The molecule has 0 bridgehead atoms. The van der Waals surface area contributed by atoms with Crippen LogP contribution in [0, 0.1) is 5.41 Å². The van der Waals surface area contributed by atoms with E-state index in [0.717, 1.165) is 35.9 Å². The smallest absolute Gasteiger partial charge is 0.173 e. The molecule has 1 aliphatic heterocycles. The van der Waals surface area contributed by atoms with Crippen molar-refractivity contribution >= 4 is 22.3 Å². The lowest BCUT2D eigenvalue weighted by Gasteiger charge is -2.19. The molecule has 0 saturated carbocycles. The summed E-state index contributed by atoms with van der Waals surface area (Å²) in [5.74, 6) is 0.639. The monoisotopic (exact) mass is 327 g/mol. The number of ether oxygens (including phenoxy) is 3. The standard InChI is InChI=1S/C14H18BrNO3/c1-2-4-12(18-8-10-7-17-10)11-5-3-6-13(14(11)15)19-9-16/h3,5-6,9-10,12,16H,2,4,7-8H2,1H3/t10-,12-/m1/s1. The molecule has 0 aromatic heterocycles. The Kier molecular flexibility index (Phi) is 5.36. The lowest BCUT2D eigenvalue weighted by atomic mass is 10.0. The van der Waals surface area contributed by atoms with Gasteiger partial charge >= 0.3 is 0 Å². The first-order valence-electron chi connectivity index (χ1n) is 6.43. The van der Waals surface area contributed by atoms with E-state index in [2.05, 4.69) is 22.9 Å². The molecule has 0 spiro atoms. The van der Waals surface area contributed by atoms with Crippen LogP contribution in [0.4, 0.5) is 0 Å². The van der Waals surface area contributed by atoms with E-state index < -0.39 is 0 Å². The first-order chi connectivity index (χ1) is 9.26. The summed E-state index contributed by atoms with van der Waals surface area (Å²) in [6.45, 7) is 3.57. The van der Waals surface area contributed by atoms with Gasteiger partial charge in [0.1, 0.15) is 11.9 Å². The molecule has 1 aromatic rings. The Hall–Kier alpha value is -0.910. The topological polar surface area (TPSA) is 54.8 Å². The number of hydrogen-bond acceptors (Lipinski definition) is 4. The molecule has 0 unspecified atom stereocenters. The number of epoxide rings is 1. The molecule has 0 radical (unpaired) electrons. The molecule has 1 fully saturated rings. The molecule has 1 aromatic carbocycles. The molecule has 5 heteroatoms. The third-order valence-corrected chi connectivity index (χ3v) is 3.81. The normalized spacial score (nSPS) is 18.9. The predicted molar refractivity (Wildman–Crippen MR) is 76.9 cm³/mol. The average molecular weight is 328 g/mol. The second-order valence-electron chi connectivity index (χ2n) is 4.46. The lowest BCUT2D eigenvalue weighted by Crippen LogP contribution is -2.10. The fourth-order valence-corrected chi connectivity index (χ4v) is 2.52. The Bertz CT molecular complexity index is 435. The Morgan fingerprint density at radius 1 is 1.58 bits per heavy atom. The molecule has 4 nitrogen and oxygen atoms in total. The minimum Gasteiger partial charge on any atom is -0.445 e. The Morgan fingerprint density at radius 3 is 3.00 bits per heavy atom. The van der Waals surface area contributed by atoms with Gasteiger partial charge in [-0.05, 0) is 34.0 Å². The molecule has 2 rings (SSSR count). The zero-order valence-corrected chi connectivity index (χ0v) is 12.5. The van der Waals surface area contributed by atoms with E-state index in [1.165, 1.54) is 0 Å². The summed E-state index contributed by atoms with van der Waals surface area (Å²) in [5, 5.41) is 7.03. The highest BCUT2D eigenvalue weighted by molar-refractivity contribution is 9.10. The van der Waals surface area contributed by atoms with Crippen LogP contribution in [0.2, 0.25) is 0 Å². The van der Waals surface area contributed by atoms with Crippen LogP contribution in [-0.2, 0) is 9.47 Å². The van der Waals surface area contributed by atoms with Crippen LogP contribution in [0.25, 0.3) is 0 Å². The summed E-state index contributed by atoms with van der Waals surface area (Å²) in [6, 6.07) is 5.76. The molecular weight excluding hydrogens is 310 g/mol. The number of halogens is 1.